The summed E-state index contributed by atoms with van der Waals surface area (Å²) in [7, 11) is 11.9. The van der Waals surface area contributed by atoms with E-state index >= 15 is 0 Å². The highest BCUT2D eigenvalue weighted by molar-refractivity contribution is 5.70. The van der Waals surface area contributed by atoms with Crippen LogP contribution in [0.3, 0.4) is 0 Å². The Labute approximate surface area is 347 Å². The van der Waals surface area contributed by atoms with Crippen LogP contribution in [0, 0.1) is 0 Å². The number of methoxy groups -OCH3 is 8. The van der Waals surface area contributed by atoms with Gasteiger partial charge in [-0.15, -0.1) is 0 Å². The summed E-state index contributed by atoms with van der Waals surface area (Å²) >= 11 is 0. The SMILES string of the molecule is COc1ccc2c(c1)O[C@H](c1cc(OC)c(OC)c(OC)c1)[C@@H](OC(C)=O)[C@H]2c1cc2c(cc1OC)O[C@H](c1cc(OC)c(OC)c(OC)c1)[C@@H](OC(C)=O)[C@H]2OC(C)=O. The van der Waals surface area contributed by atoms with Gasteiger partial charge in [-0.3, -0.25) is 14.4 Å². The molecule has 0 spiro atoms. The Morgan fingerprint density at radius 2 is 0.900 bits per heavy atom. The van der Waals surface area contributed by atoms with Crippen LogP contribution in [0.5, 0.6) is 57.5 Å². The van der Waals surface area contributed by atoms with Crippen molar-refractivity contribution in [2.24, 2.45) is 0 Å². The number of benzene rings is 4. The normalized spacial score (nSPS) is 20.1. The van der Waals surface area contributed by atoms with Gasteiger partial charge in [-0.05, 0) is 36.4 Å². The summed E-state index contributed by atoms with van der Waals surface area (Å²) in [5, 5.41) is 0. The van der Waals surface area contributed by atoms with Gasteiger partial charge in [0, 0.05) is 60.7 Å². The lowest BCUT2D eigenvalue weighted by Crippen LogP contribution is -2.40. The first-order chi connectivity index (χ1) is 28.8. The average molecular weight is 833 g/mol. The lowest BCUT2D eigenvalue weighted by molar-refractivity contribution is -0.178. The van der Waals surface area contributed by atoms with Crippen LogP contribution in [-0.2, 0) is 28.6 Å². The topological polar surface area (TPSA) is 171 Å². The van der Waals surface area contributed by atoms with Crippen molar-refractivity contribution in [2.45, 2.75) is 57.2 Å². The smallest absolute Gasteiger partial charge is 0.303 e. The molecule has 60 heavy (non-hydrogen) atoms. The van der Waals surface area contributed by atoms with E-state index in [1.165, 1.54) is 77.6 Å². The Morgan fingerprint density at radius 3 is 1.33 bits per heavy atom. The fraction of sp³-hybridized carbons (Fsp3) is 0.386. The number of fused-ring (bicyclic) bond motifs is 2. The molecule has 6 atom stereocenters. The number of hydrogen-bond donors (Lipinski definition) is 0. The maximum Gasteiger partial charge on any atom is 0.303 e. The summed E-state index contributed by atoms with van der Waals surface area (Å²) in [5.41, 5.74) is 2.41. The molecule has 0 saturated carbocycles. The Morgan fingerprint density at radius 1 is 0.450 bits per heavy atom. The Balaban J connectivity index is 1.61. The van der Waals surface area contributed by atoms with Crippen LogP contribution in [0.25, 0.3) is 0 Å². The second kappa shape index (κ2) is 18.1. The quantitative estimate of drug-likeness (QED) is 0.0980. The third kappa shape index (κ3) is 8.13. The van der Waals surface area contributed by atoms with Crippen LogP contribution in [0.1, 0.15) is 72.8 Å². The molecule has 0 unspecified atom stereocenters. The van der Waals surface area contributed by atoms with Crippen LogP contribution in [0.4, 0.5) is 0 Å². The summed E-state index contributed by atoms with van der Waals surface area (Å²) in [6.07, 6.45) is -5.56. The van der Waals surface area contributed by atoms with Crippen molar-refractivity contribution >= 4 is 17.9 Å². The van der Waals surface area contributed by atoms with E-state index in [9.17, 15) is 14.4 Å². The largest absolute Gasteiger partial charge is 0.497 e. The van der Waals surface area contributed by atoms with Gasteiger partial charge >= 0.3 is 17.9 Å². The van der Waals surface area contributed by atoms with Gasteiger partial charge < -0.3 is 61.6 Å². The molecule has 2 aliphatic heterocycles. The number of carbonyl (C=O) groups excluding carboxylic acids is 3. The van der Waals surface area contributed by atoms with Crippen molar-refractivity contribution in [3.63, 3.8) is 0 Å². The second-order valence-electron chi connectivity index (χ2n) is 13.7. The minimum absolute atomic E-state index is 0.247. The maximum absolute atomic E-state index is 13.1. The average Bonchev–Trinajstić information content (AvgIpc) is 3.24. The van der Waals surface area contributed by atoms with Gasteiger partial charge in [0.2, 0.25) is 11.5 Å². The Bertz CT molecular complexity index is 2200. The molecule has 0 aliphatic carbocycles. The van der Waals surface area contributed by atoms with Crippen LogP contribution < -0.4 is 47.4 Å². The number of ether oxygens (including phenoxy) is 13. The molecule has 0 bridgehead atoms. The van der Waals surface area contributed by atoms with E-state index in [2.05, 4.69) is 0 Å². The van der Waals surface area contributed by atoms with Gasteiger partial charge in [-0.1, -0.05) is 6.07 Å². The van der Waals surface area contributed by atoms with E-state index in [4.69, 9.17) is 61.6 Å². The molecule has 16 nitrogen and oxygen atoms in total. The van der Waals surface area contributed by atoms with Gasteiger partial charge in [-0.25, -0.2) is 0 Å². The van der Waals surface area contributed by atoms with Crippen LogP contribution >= 0.6 is 0 Å². The van der Waals surface area contributed by atoms with Gasteiger partial charge in [0.05, 0.1) is 62.8 Å². The summed E-state index contributed by atoms with van der Waals surface area (Å²) in [5.74, 6) is 0.744. The molecule has 2 heterocycles. The van der Waals surface area contributed by atoms with Crippen molar-refractivity contribution in [2.75, 3.05) is 56.9 Å². The number of rotatable bonds is 14. The van der Waals surface area contributed by atoms with Gasteiger partial charge in [0.25, 0.3) is 0 Å². The third-order valence-electron chi connectivity index (χ3n) is 10.2. The molecule has 16 heteroatoms. The fourth-order valence-electron chi connectivity index (χ4n) is 7.77. The van der Waals surface area contributed by atoms with Crippen LogP contribution in [0.15, 0.2) is 54.6 Å². The highest BCUT2D eigenvalue weighted by Crippen LogP contribution is 2.55. The van der Waals surface area contributed by atoms with E-state index in [0.717, 1.165) is 0 Å². The number of hydrogen-bond acceptors (Lipinski definition) is 16. The van der Waals surface area contributed by atoms with Crippen molar-refractivity contribution in [1.29, 1.82) is 0 Å². The molecule has 0 radical (unpaired) electrons. The number of esters is 3. The lowest BCUT2D eigenvalue weighted by atomic mass is 9.78. The Kier molecular flexibility index (Phi) is 12.9. The predicted molar refractivity (Wildman–Crippen MR) is 212 cm³/mol. The zero-order valence-corrected chi connectivity index (χ0v) is 35.2. The van der Waals surface area contributed by atoms with Crippen molar-refractivity contribution in [3.8, 4) is 57.5 Å². The summed E-state index contributed by atoms with van der Waals surface area (Å²) in [6, 6.07) is 15.4. The van der Waals surface area contributed by atoms with Crippen molar-refractivity contribution < 1.29 is 76.0 Å². The molecule has 0 aromatic heterocycles. The van der Waals surface area contributed by atoms with E-state index in [1.807, 2.05) is 6.07 Å². The van der Waals surface area contributed by atoms with E-state index in [0.29, 0.717) is 79.6 Å². The number of carbonyl (C=O) groups is 3. The van der Waals surface area contributed by atoms with Gasteiger partial charge in [0.1, 0.15) is 23.0 Å². The fourth-order valence-corrected chi connectivity index (χ4v) is 7.77. The predicted octanol–water partition coefficient (Wildman–Crippen LogP) is 6.62. The molecular weight excluding hydrogens is 784 g/mol. The second-order valence-corrected chi connectivity index (χ2v) is 13.7. The zero-order chi connectivity index (χ0) is 43.4. The molecule has 4 aromatic carbocycles. The lowest BCUT2D eigenvalue weighted by Gasteiger charge is -2.41. The zero-order valence-electron chi connectivity index (χ0n) is 35.2. The van der Waals surface area contributed by atoms with E-state index in [-0.39, 0.29) is 5.75 Å². The van der Waals surface area contributed by atoms with E-state index in [1.54, 1.807) is 48.5 Å². The van der Waals surface area contributed by atoms with Gasteiger partial charge in [-0.2, -0.15) is 0 Å². The van der Waals surface area contributed by atoms with Crippen LogP contribution in [0.2, 0.25) is 0 Å². The summed E-state index contributed by atoms with van der Waals surface area (Å²) < 4.78 is 76.9. The standard InChI is InChI=1S/C44H48O16/c1-21(45)56-40-29-19-28(30(49-5)20-32(29)60-39(44(40)58-23(3)47)25-16-35(52-8)42(55-11)36(17-25)53-9)37-27-13-12-26(48-4)18-31(27)59-38(43(37)57-22(2)46)24-14-33(50-6)41(54-10)34(15-24)51-7/h12-20,37-40,43-44H,1-11H3/t37-,38-,39-,40+,43+,44-/m1/s1. The summed E-state index contributed by atoms with van der Waals surface area (Å²) in [4.78, 5) is 38.8. The molecule has 4 aromatic rings. The first kappa shape index (κ1) is 42.9. The Hall–Kier alpha value is -6.71. The molecule has 320 valence electrons. The maximum atomic E-state index is 13.1. The molecule has 6 rings (SSSR count). The third-order valence-corrected chi connectivity index (χ3v) is 10.2. The molecule has 0 saturated heterocycles. The van der Waals surface area contributed by atoms with E-state index < -0.39 is 54.3 Å². The molecule has 2 aliphatic rings. The summed E-state index contributed by atoms with van der Waals surface area (Å²) in [6.45, 7) is 3.79. The highest BCUT2D eigenvalue weighted by atomic mass is 16.6. The molecular formula is C44H48O16. The minimum Gasteiger partial charge on any atom is -0.497 e. The molecule has 0 N–H and O–H groups in total. The first-order valence-electron chi connectivity index (χ1n) is 18.7. The van der Waals surface area contributed by atoms with Crippen LogP contribution in [-0.4, -0.2) is 87.0 Å². The highest BCUT2D eigenvalue weighted by Gasteiger charge is 2.48. The minimum atomic E-state index is -1.23. The van der Waals surface area contributed by atoms with Crippen molar-refractivity contribution in [1.82, 2.24) is 0 Å². The molecule has 0 fully saturated rings. The monoisotopic (exact) mass is 832 g/mol. The van der Waals surface area contributed by atoms with Gasteiger partial charge in [0.15, 0.2) is 53.5 Å². The molecule has 0 amide bonds. The van der Waals surface area contributed by atoms with Crippen molar-refractivity contribution in [3.05, 3.63) is 82.4 Å². The first-order valence-corrected chi connectivity index (χ1v) is 18.7.